The maximum absolute atomic E-state index is 12.1. The van der Waals surface area contributed by atoms with Gasteiger partial charge >= 0.3 is 0 Å². The Balaban J connectivity index is 2.65. The molecule has 0 aromatic heterocycles. The highest BCUT2D eigenvalue weighted by molar-refractivity contribution is 5.95. The first-order valence-corrected chi connectivity index (χ1v) is 6.97. The van der Waals surface area contributed by atoms with E-state index in [2.05, 4.69) is 38.5 Å². The van der Waals surface area contributed by atoms with Gasteiger partial charge in [-0.25, -0.2) is 5.43 Å². The molecule has 0 bridgehead atoms. The average Bonchev–Trinajstić information content (AvgIpc) is 2.33. The van der Waals surface area contributed by atoms with Crippen LogP contribution in [-0.4, -0.2) is 11.9 Å². The molecule has 3 heteroatoms. The van der Waals surface area contributed by atoms with Crippen LogP contribution in [0.1, 0.15) is 56.5 Å². The van der Waals surface area contributed by atoms with E-state index in [9.17, 15) is 4.79 Å². The Morgan fingerprint density at radius 3 is 2.42 bits per heavy atom. The van der Waals surface area contributed by atoms with Gasteiger partial charge < -0.3 is 0 Å². The van der Waals surface area contributed by atoms with Crippen molar-refractivity contribution in [3.8, 4) is 0 Å². The second-order valence-electron chi connectivity index (χ2n) is 6.12. The van der Waals surface area contributed by atoms with E-state index < -0.39 is 0 Å². The monoisotopic (exact) mass is 262 g/mol. The van der Waals surface area contributed by atoms with Gasteiger partial charge in [-0.3, -0.25) is 10.2 Å². The van der Waals surface area contributed by atoms with Crippen LogP contribution in [0.15, 0.2) is 24.3 Å². The molecule has 106 valence electrons. The largest absolute Gasteiger partial charge is 0.287 e. The summed E-state index contributed by atoms with van der Waals surface area (Å²) in [4.78, 5) is 12.1. The molecule has 1 aromatic carbocycles. The fourth-order valence-electron chi connectivity index (χ4n) is 2.06. The second-order valence-corrected chi connectivity index (χ2v) is 6.12. The lowest BCUT2D eigenvalue weighted by molar-refractivity contribution is 0.0903. The SMILES string of the molecule is CCCC(NNC(=O)c1ccccc1C)C(C)(C)C. The van der Waals surface area contributed by atoms with Gasteiger partial charge in [0.1, 0.15) is 0 Å². The third-order valence-electron chi connectivity index (χ3n) is 3.37. The molecule has 0 saturated heterocycles. The lowest BCUT2D eigenvalue weighted by atomic mass is 9.84. The highest BCUT2D eigenvalue weighted by atomic mass is 16.2. The van der Waals surface area contributed by atoms with Crippen molar-refractivity contribution < 1.29 is 4.79 Å². The topological polar surface area (TPSA) is 41.1 Å². The molecule has 2 N–H and O–H groups in total. The van der Waals surface area contributed by atoms with Gasteiger partial charge in [-0.2, -0.15) is 0 Å². The first-order chi connectivity index (χ1) is 8.86. The minimum absolute atomic E-state index is 0.0662. The van der Waals surface area contributed by atoms with Crippen LogP contribution in [0.4, 0.5) is 0 Å². The molecule has 0 aliphatic rings. The smallest absolute Gasteiger partial charge is 0.265 e. The predicted molar refractivity (Wildman–Crippen MR) is 79.9 cm³/mol. The van der Waals surface area contributed by atoms with Crippen LogP contribution in [-0.2, 0) is 0 Å². The van der Waals surface area contributed by atoms with Crippen molar-refractivity contribution in [2.75, 3.05) is 0 Å². The summed E-state index contributed by atoms with van der Waals surface area (Å²) in [5.74, 6) is -0.0662. The van der Waals surface area contributed by atoms with Gasteiger partial charge in [0.05, 0.1) is 0 Å². The number of aryl methyl sites for hydroxylation is 1. The Bertz CT molecular complexity index is 421. The first kappa shape index (κ1) is 15.7. The van der Waals surface area contributed by atoms with Crippen molar-refractivity contribution in [3.05, 3.63) is 35.4 Å². The van der Waals surface area contributed by atoms with E-state index in [0.29, 0.717) is 0 Å². The van der Waals surface area contributed by atoms with E-state index in [1.807, 2.05) is 31.2 Å². The van der Waals surface area contributed by atoms with Gasteiger partial charge in [0.25, 0.3) is 5.91 Å². The van der Waals surface area contributed by atoms with E-state index in [0.717, 1.165) is 24.0 Å². The maximum Gasteiger partial charge on any atom is 0.265 e. The molecule has 1 aromatic rings. The molecule has 0 heterocycles. The van der Waals surface area contributed by atoms with E-state index in [1.54, 1.807) is 0 Å². The van der Waals surface area contributed by atoms with E-state index in [1.165, 1.54) is 0 Å². The van der Waals surface area contributed by atoms with Crippen molar-refractivity contribution in [1.29, 1.82) is 0 Å². The fraction of sp³-hybridized carbons (Fsp3) is 0.562. The van der Waals surface area contributed by atoms with Gasteiger partial charge in [-0.05, 0) is 30.4 Å². The van der Waals surface area contributed by atoms with Gasteiger partial charge in [0.2, 0.25) is 0 Å². The normalized spacial score (nSPS) is 13.1. The molecule has 1 atom stereocenters. The molecule has 3 nitrogen and oxygen atoms in total. The molecule has 1 rings (SSSR count). The quantitative estimate of drug-likeness (QED) is 0.798. The van der Waals surface area contributed by atoms with Crippen molar-refractivity contribution in [3.63, 3.8) is 0 Å². The van der Waals surface area contributed by atoms with Crippen molar-refractivity contribution in [2.45, 2.75) is 53.5 Å². The minimum atomic E-state index is -0.0662. The molecule has 0 radical (unpaired) electrons. The highest BCUT2D eigenvalue weighted by Gasteiger charge is 2.24. The van der Waals surface area contributed by atoms with E-state index >= 15 is 0 Å². The van der Waals surface area contributed by atoms with Gasteiger partial charge in [0, 0.05) is 11.6 Å². The number of hydrazine groups is 1. The van der Waals surface area contributed by atoms with Crippen molar-refractivity contribution in [2.24, 2.45) is 5.41 Å². The Labute approximate surface area is 116 Å². The third kappa shape index (κ3) is 4.67. The standard InChI is InChI=1S/C16H26N2O/c1-6-9-14(16(3,4)5)17-18-15(19)13-11-8-7-10-12(13)2/h7-8,10-11,14,17H,6,9H2,1-5H3,(H,18,19). The number of hydrogen-bond donors (Lipinski definition) is 2. The van der Waals surface area contributed by atoms with E-state index in [4.69, 9.17) is 0 Å². The van der Waals surface area contributed by atoms with Crippen LogP contribution >= 0.6 is 0 Å². The Morgan fingerprint density at radius 2 is 1.89 bits per heavy atom. The zero-order valence-electron chi connectivity index (χ0n) is 12.7. The maximum atomic E-state index is 12.1. The van der Waals surface area contributed by atoms with Crippen LogP contribution < -0.4 is 10.9 Å². The molecule has 0 spiro atoms. The summed E-state index contributed by atoms with van der Waals surface area (Å²) in [6.45, 7) is 10.6. The minimum Gasteiger partial charge on any atom is -0.287 e. The summed E-state index contributed by atoms with van der Waals surface area (Å²) < 4.78 is 0. The Morgan fingerprint density at radius 1 is 1.26 bits per heavy atom. The number of rotatable bonds is 5. The Kier molecular flexibility index (Phi) is 5.55. The van der Waals surface area contributed by atoms with Crippen LogP contribution in [0, 0.1) is 12.3 Å². The van der Waals surface area contributed by atoms with Crippen LogP contribution in [0.3, 0.4) is 0 Å². The number of carbonyl (C=O) groups is 1. The fourth-order valence-corrected chi connectivity index (χ4v) is 2.06. The summed E-state index contributed by atoms with van der Waals surface area (Å²) in [7, 11) is 0. The van der Waals surface area contributed by atoms with E-state index in [-0.39, 0.29) is 17.4 Å². The molecule has 0 aliphatic heterocycles. The predicted octanol–water partition coefficient (Wildman–Crippen LogP) is 3.44. The van der Waals surface area contributed by atoms with Crippen molar-refractivity contribution in [1.82, 2.24) is 10.9 Å². The highest BCUT2D eigenvalue weighted by Crippen LogP contribution is 2.22. The second kappa shape index (κ2) is 6.71. The average molecular weight is 262 g/mol. The lowest BCUT2D eigenvalue weighted by Crippen LogP contribution is -2.50. The van der Waals surface area contributed by atoms with Gasteiger partial charge in [-0.1, -0.05) is 52.3 Å². The van der Waals surface area contributed by atoms with Crippen LogP contribution in [0.25, 0.3) is 0 Å². The third-order valence-corrected chi connectivity index (χ3v) is 3.37. The molecule has 0 fully saturated rings. The zero-order valence-corrected chi connectivity index (χ0v) is 12.7. The van der Waals surface area contributed by atoms with Gasteiger partial charge in [-0.15, -0.1) is 0 Å². The summed E-state index contributed by atoms with van der Waals surface area (Å²) in [6.07, 6.45) is 2.13. The molecule has 1 amide bonds. The molecular formula is C16H26N2O. The molecule has 0 aliphatic carbocycles. The lowest BCUT2D eigenvalue weighted by Gasteiger charge is -2.31. The van der Waals surface area contributed by atoms with Crippen molar-refractivity contribution >= 4 is 5.91 Å². The first-order valence-electron chi connectivity index (χ1n) is 6.97. The molecule has 1 unspecified atom stereocenters. The molecule has 0 saturated carbocycles. The number of benzene rings is 1. The van der Waals surface area contributed by atoms with Crippen LogP contribution in [0.2, 0.25) is 0 Å². The summed E-state index contributed by atoms with van der Waals surface area (Å²) in [5.41, 5.74) is 7.86. The summed E-state index contributed by atoms with van der Waals surface area (Å²) in [6, 6.07) is 7.88. The number of carbonyl (C=O) groups excluding carboxylic acids is 1. The molecule has 19 heavy (non-hydrogen) atoms. The zero-order chi connectivity index (χ0) is 14.5. The van der Waals surface area contributed by atoms with Gasteiger partial charge in [0.15, 0.2) is 0 Å². The number of amides is 1. The Hall–Kier alpha value is -1.35. The number of hydrogen-bond acceptors (Lipinski definition) is 2. The number of nitrogens with one attached hydrogen (secondary N) is 2. The molecular weight excluding hydrogens is 236 g/mol. The summed E-state index contributed by atoms with van der Waals surface area (Å²) >= 11 is 0. The summed E-state index contributed by atoms with van der Waals surface area (Å²) in [5, 5.41) is 0. The van der Waals surface area contributed by atoms with Crippen LogP contribution in [0.5, 0.6) is 0 Å².